The number of rotatable bonds is 1. The lowest BCUT2D eigenvalue weighted by atomic mass is 10.2. The number of sulfone groups is 1. The Kier molecular flexibility index (Phi) is 2.56. The second-order valence-electron chi connectivity index (χ2n) is 2.87. The fourth-order valence-electron chi connectivity index (χ4n) is 0.999. The van der Waals surface area contributed by atoms with Crippen LogP contribution in [0.25, 0.3) is 0 Å². The molecule has 0 saturated heterocycles. The average molecular weight is 240 g/mol. The predicted molar refractivity (Wildman–Crippen MR) is 48.3 cm³/mol. The molecule has 0 fully saturated rings. The van der Waals surface area contributed by atoms with Crippen molar-refractivity contribution in [3.8, 4) is 0 Å². The summed E-state index contributed by atoms with van der Waals surface area (Å²) in [5, 5.41) is 0. The number of anilines is 2. The average Bonchev–Trinajstić information content (AvgIpc) is 2.09. The van der Waals surface area contributed by atoms with E-state index in [2.05, 4.69) is 0 Å². The predicted octanol–water partition coefficient (Wildman–Crippen LogP) is 0.672. The molecule has 0 saturated carbocycles. The Morgan fingerprint density at radius 1 is 0.933 bits per heavy atom. The van der Waals surface area contributed by atoms with Gasteiger partial charge in [-0.05, 0) is 0 Å². The Bertz CT molecular complexity index is 499. The zero-order chi connectivity index (χ0) is 12.0. The van der Waals surface area contributed by atoms with Gasteiger partial charge in [0.1, 0.15) is 4.90 Å². The van der Waals surface area contributed by atoms with E-state index in [1.165, 1.54) is 0 Å². The van der Waals surface area contributed by atoms with Gasteiger partial charge in [-0.2, -0.15) is 0 Å². The zero-order valence-corrected chi connectivity index (χ0v) is 8.33. The molecule has 4 nitrogen and oxygen atoms in total. The number of hydrogen-bond donors (Lipinski definition) is 2. The molecular formula is C7H7F3N2O2S. The van der Waals surface area contributed by atoms with E-state index >= 15 is 0 Å². The van der Waals surface area contributed by atoms with Gasteiger partial charge in [-0.15, -0.1) is 0 Å². The quantitative estimate of drug-likeness (QED) is 0.558. The standard InChI is InChI=1S/C7H7F3N2O2S/c1-15(13,14)7-3(9)2(8)5(11)6(12)4(7)10/h11-12H2,1H3. The fraction of sp³-hybridized carbons (Fsp3) is 0.143. The van der Waals surface area contributed by atoms with Gasteiger partial charge in [-0.1, -0.05) is 0 Å². The summed E-state index contributed by atoms with van der Waals surface area (Å²) in [5.74, 6) is -5.11. The van der Waals surface area contributed by atoms with Crippen LogP contribution < -0.4 is 11.5 Å². The molecule has 0 aliphatic rings. The molecule has 0 unspecified atom stereocenters. The molecule has 0 atom stereocenters. The van der Waals surface area contributed by atoms with Crippen LogP contribution in [-0.2, 0) is 9.84 Å². The van der Waals surface area contributed by atoms with Crippen molar-refractivity contribution >= 4 is 21.2 Å². The summed E-state index contributed by atoms with van der Waals surface area (Å²) >= 11 is 0. The van der Waals surface area contributed by atoms with Crippen LogP contribution in [0.1, 0.15) is 0 Å². The van der Waals surface area contributed by atoms with Crippen LogP contribution in [0.2, 0.25) is 0 Å². The first kappa shape index (κ1) is 11.6. The van der Waals surface area contributed by atoms with Crippen LogP contribution in [0.5, 0.6) is 0 Å². The molecule has 1 rings (SSSR count). The van der Waals surface area contributed by atoms with Crippen molar-refractivity contribution in [3.63, 3.8) is 0 Å². The van der Waals surface area contributed by atoms with E-state index in [0.29, 0.717) is 6.26 Å². The summed E-state index contributed by atoms with van der Waals surface area (Å²) in [6.45, 7) is 0. The van der Waals surface area contributed by atoms with E-state index in [9.17, 15) is 21.6 Å². The normalized spacial score (nSPS) is 11.7. The van der Waals surface area contributed by atoms with Gasteiger partial charge in [0, 0.05) is 6.26 Å². The van der Waals surface area contributed by atoms with E-state index in [-0.39, 0.29) is 0 Å². The minimum atomic E-state index is -4.25. The van der Waals surface area contributed by atoms with Crippen LogP contribution in [0.4, 0.5) is 24.5 Å². The van der Waals surface area contributed by atoms with E-state index in [1.54, 1.807) is 0 Å². The Labute approximate surface area is 83.6 Å². The first-order valence-electron chi connectivity index (χ1n) is 3.59. The van der Waals surface area contributed by atoms with E-state index in [1.807, 2.05) is 0 Å². The summed E-state index contributed by atoms with van der Waals surface area (Å²) in [6.07, 6.45) is 0.531. The minimum Gasteiger partial charge on any atom is -0.395 e. The third kappa shape index (κ3) is 1.72. The number of halogens is 3. The second-order valence-corrected chi connectivity index (χ2v) is 4.82. The molecule has 0 heterocycles. The lowest BCUT2D eigenvalue weighted by Crippen LogP contribution is -2.12. The molecule has 8 heteroatoms. The van der Waals surface area contributed by atoms with Gasteiger partial charge in [0.2, 0.25) is 0 Å². The second kappa shape index (κ2) is 3.30. The van der Waals surface area contributed by atoms with Crippen LogP contribution >= 0.6 is 0 Å². The van der Waals surface area contributed by atoms with Crippen LogP contribution in [0.15, 0.2) is 4.90 Å². The molecule has 4 N–H and O–H groups in total. The van der Waals surface area contributed by atoms with Gasteiger partial charge >= 0.3 is 0 Å². The van der Waals surface area contributed by atoms with Gasteiger partial charge in [0.05, 0.1) is 11.4 Å². The molecular weight excluding hydrogens is 233 g/mol. The maximum Gasteiger partial charge on any atom is 0.185 e. The van der Waals surface area contributed by atoms with Gasteiger partial charge in [-0.25, -0.2) is 21.6 Å². The summed E-state index contributed by atoms with van der Waals surface area (Å²) in [4.78, 5) is -1.41. The number of hydrogen-bond acceptors (Lipinski definition) is 4. The highest BCUT2D eigenvalue weighted by Gasteiger charge is 2.28. The molecule has 0 radical (unpaired) electrons. The van der Waals surface area contributed by atoms with Crippen molar-refractivity contribution in [2.24, 2.45) is 0 Å². The van der Waals surface area contributed by atoms with Crippen LogP contribution in [-0.4, -0.2) is 14.7 Å². The van der Waals surface area contributed by atoms with Crippen molar-refractivity contribution in [1.82, 2.24) is 0 Å². The highest BCUT2D eigenvalue weighted by atomic mass is 32.2. The maximum absolute atomic E-state index is 13.2. The van der Waals surface area contributed by atoms with Gasteiger partial charge in [0.15, 0.2) is 27.3 Å². The van der Waals surface area contributed by atoms with Crippen molar-refractivity contribution < 1.29 is 21.6 Å². The number of benzene rings is 1. The van der Waals surface area contributed by atoms with Gasteiger partial charge < -0.3 is 11.5 Å². The highest BCUT2D eigenvalue weighted by Crippen LogP contribution is 2.31. The zero-order valence-electron chi connectivity index (χ0n) is 7.51. The molecule has 0 aliphatic heterocycles. The number of nitrogens with two attached hydrogens (primary N) is 2. The van der Waals surface area contributed by atoms with Crippen LogP contribution in [0.3, 0.4) is 0 Å². The van der Waals surface area contributed by atoms with E-state index in [4.69, 9.17) is 11.5 Å². The maximum atomic E-state index is 13.2. The van der Waals surface area contributed by atoms with Crippen molar-refractivity contribution in [1.29, 1.82) is 0 Å². The summed E-state index contributed by atoms with van der Waals surface area (Å²) in [5.41, 5.74) is 8.03. The SMILES string of the molecule is CS(=O)(=O)c1c(F)c(N)c(N)c(F)c1F. The van der Waals surface area contributed by atoms with Crippen molar-refractivity contribution in [3.05, 3.63) is 17.5 Å². The van der Waals surface area contributed by atoms with Crippen molar-refractivity contribution in [2.75, 3.05) is 17.7 Å². The topological polar surface area (TPSA) is 86.2 Å². The lowest BCUT2D eigenvalue weighted by molar-refractivity contribution is 0.464. The molecule has 84 valence electrons. The highest BCUT2D eigenvalue weighted by molar-refractivity contribution is 7.90. The molecule has 1 aromatic carbocycles. The lowest BCUT2D eigenvalue weighted by Gasteiger charge is -2.09. The Morgan fingerprint density at radius 2 is 1.33 bits per heavy atom. The Hall–Kier alpha value is -1.44. The molecule has 0 bridgehead atoms. The Balaban J connectivity index is 3.84. The van der Waals surface area contributed by atoms with E-state index in [0.717, 1.165) is 0 Å². The smallest absolute Gasteiger partial charge is 0.185 e. The summed E-state index contributed by atoms with van der Waals surface area (Å²) in [7, 11) is -4.25. The molecule has 15 heavy (non-hydrogen) atoms. The first-order chi connectivity index (χ1) is 6.68. The monoisotopic (exact) mass is 240 g/mol. The summed E-state index contributed by atoms with van der Waals surface area (Å²) < 4.78 is 61.1. The third-order valence-corrected chi connectivity index (χ3v) is 2.83. The third-order valence-electron chi connectivity index (χ3n) is 1.73. The van der Waals surface area contributed by atoms with Gasteiger partial charge in [0.25, 0.3) is 0 Å². The first-order valence-corrected chi connectivity index (χ1v) is 5.48. The van der Waals surface area contributed by atoms with Gasteiger partial charge in [-0.3, -0.25) is 0 Å². The minimum absolute atomic E-state index is 0.531. The van der Waals surface area contributed by atoms with Crippen molar-refractivity contribution in [2.45, 2.75) is 4.90 Å². The number of nitrogen functional groups attached to an aromatic ring is 2. The molecule has 0 spiro atoms. The molecule has 0 aromatic heterocycles. The molecule has 1 aromatic rings. The van der Waals surface area contributed by atoms with Crippen LogP contribution in [0, 0.1) is 17.5 Å². The van der Waals surface area contributed by atoms with E-state index < -0.39 is 43.6 Å². The summed E-state index contributed by atoms with van der Waals surface area (Å²) in [6, 6.07) is 0. The largest absolute Gasteiger partial charge is 0.395 e. The Morgan fingerprint density at radius 3 is 1.73 bits per heavy atom. The fourth-order valence-corrected chi connectivity index (χ4v) is 1.85. The molecule has 0 amide bonds. The molecule has 0 aliphatic carbocycles.